The lowest BCUT2D eigenvalue weighted by atomic mass is 10.0. The fraction of sp³-hybridized carbons (Fsp3) is 0.125. The number of rotatable bonds is 3. The quantitative estimate of drug-likeness (QED) is 0.698. The lowest BCUT2D eigenvalue weighted by Gasteiger charge is -2.02. The third-order valence-corrected chi connectivity index (χ3v) is 3.64. The molecular weight excluding hydrogens is 290 g/mol. The lowest BCUT2D eigenvalue weighted by molar-refractivity contribution is 0.0993. The average Bonchev–Trinajstić information content (AvgIpc) is 2.76. The summed E-state index contributed by atoms with van der Waals surface area (Å²) in [6.07, 6.45) is 0.278. The van der Waals surface area contributed by atoms with Gasteiger partial charge in [-0.25, -0.2) is 4.79 Å². The zero-order valence-electron chi connectivity index (χ0n) is 11.3. The number of Topliss-reactive ketones (excluding diaryl/α,β-unsaturated/α-hetero) is 1. The van der Waals surface area contributed by atoms with E-state index in [0.717, 1.165) is 5.56 Å². The van der Waals surface area contributed by atoms with Gasteiger partial charge in [0.25, 0.3) is 0 Å². The van der Waals surface area contributed by atoms with Crippen LogP contribution in [0, 0.1) is 0 Å². The number of fused-ring (bicyclic) bond motifs is 1. The van der Waals surface area contributed by atoms with Gasteiger partial charge in [-0.1, -0.05) is 23.7 Å². The Bertz CT molecular complexity index is 875. The number of halogens is 1. The van der Waals surface area contributed by atoms with Crippen LogP contribution in [-0.2, 0) is 13.5 Å². The van der Waals surface area contributed by atoms with Crippen molar-refractivity contribution in [1.29, 1.82) is 0 Å². The first kappa shape index (κ1) is 13.6. The number of hydrogen-bond acceptors (Lipinski definition) is 3. The zero-order valence-corrected chi connectivity index (χ0v) is 12.1. The molecule has 0 saturated carbocycles. The highest BCUT2D eigenvalue weighted by atomic mass is 35.5. The summed E-state index contributed by atoms with van der Waals surface area (Å²) in [6.45, 7) is 0. The predicted octanol–water partition coefficient (Wildman–Crippen LogP) is 3.21. The third kappa shape index (κ3) is 2.62. The van der Waals surface area contributed by atoms with Crippen LogP contribution in [0.1, 0.15) is 15.9 Å². The highest BCUT2D eigenvalue weighted by Crippen LogP contribution is 2.17. The summed E-state index contributed by atoms with van der Waals surface area (Å²) in [6, 6.07) is 12.2. The van der Waals surface area contributed by atoms with Crippen LogP contribution in [0.3, 0.4) is 0 Å². The van der Waals surface area contributed by atoms with Gasteiger partial charge in [0.1, 0.15) is 0 Å². The molecule has 0 radical (unpaired) electrons. The highest BCUT2D eigenvalue weighted by molar-refractivity contribution is 6.30. The van der Waals surface area contributed by atoms with Crippen LogP contribution in [0.15, 0.2) is 51.7 Å². The standard InChI is InChI=1S/C16H12ClNO3/c1-18-13-7-4-11(9-15(13)21-16(18)20)14(19)8-10-2-5-12(17)6-3-10/h2-7,9H,8H2,1H3. The molecule has 106 valence electrons. The second-order valence-electron chi connectivity index (χ2n) is 4.84. The van der Waals surface area contributed by atoms with Crippen LogP contribution >= 0.6 is 11.6 Å². The molecule has 2 aromatic carbocycles. The zero-order chi connectivity index (χ0) is 15.0. The Kier molecular flexibility index (Phi) is 3.39. The van der Waals surface area contributed by atoms with Crippen molar-refractivity contribution in [2.45, 2.75) is 6.42 Å². The number of carbonyl (C=O) groups excluding carboxylic acids is 1. The van der Waals surface area contributed by atoms with Gasteiger partial charge in [-0.15, -0.1) is 0 Å². The molecule has 1 aromatic heterocycles. The van der Waals surface area contributed by atoms with Crippen LogP contribution in [0.4, 0.5) is 0 Å². The molecule has 4 nitrogen and oxygen atoms in total. The van der Waals surface area contributed by atoms with Crippen molar-refractivity contribution in [3.05, 3.63) is 69.2 Å². The van der Waals surface area contributed by atoms with Gasteiger partial charge >= 0.3 is 5.76 Å². The minimum atomic E-state index is -0.438. The molecule has 0 saturated heterocycles. The summed E-state index contributed by atoms with van der Waals surface area (Å²) in [5.74, 6) is -0.474. The lowest BCUT2D eigenvalue weighted by Crippen LogP contribution is -2.08. The number of hydrogen-bond donors (Lipinski definition) is 0. The summed E-state index contributed by atoms with van der Waals surface area (Å²) in [4.78, 5) is 23.7. The van der Waals surface area contributed by atoms with Crippen LogP contribution < -0.4 is 5.76 Å². The first-order valence-corrected chi connectivity index (χ1v) is 6.79. The molecule has 3 rings (SSSR count). The third-order valence-electron chi connectivity index (χ3n) is 3.39. The fourth-order valence-electron chi connectivity index (χ4n) is 2.20. The van der Waals surface area contributed by atoms with E-state index in [1.807, 2.05) is 12.1 Å². The van der Waals surface area contributed by atoms with Gasteiger partial charge in [-0.05, 0) is 35.9 Å². The van der Waals surface area contributed by atoms with E-state index in [1.54, 1.807) is 37.4 Å². The van der Waals surface area contributed by atoms with Gasteiger partial charge in [-0.3, -0.25) is 9.36 Å². The molecular formula is C16H12ClNO3. The van der Waals surface area contributed by atoms with Crippen molar-refractivity contribution in [3.63, 3.8) is 0 Å². The molecule has 1 heterocycles. The van der Waals surface area contributed by atoms with Gasteiger partial charge in [-0.2, -0.15) is 0 Å². The molecule has 0 unspecified atom stereocenters. The fourth-order valence-corrected chi connectivity index (χ4v) is 2.32. The van der Waals surface area contributed by atoms with Crippen LogP contribution in [0.5, 0.6) is 0 Å². The number of carbonyl (C=O) groups is 1. The maximum Gasteiger partial charge on any atom is 0.419 e. The molecule has 0 aliphatic rings. The van der Waals surface area contributed by atoms with E-state index < -0.39 is 5.76 Å². The minimum Gasteiger partial charge on any atom is -0.408 e. The molecule has 0 bridgehead atoms. The Morgan fingerprint density at radius 2 is 1.90 bits per heavy atom. The first-order valence-electron chi connectivity index (χ1n) is 6.42. The van der Waals surface area contributed by atoms with Gasteiger partial charge in [0.2, 0.25) is 0 Å². The summed E-state index contributed by atoms with van der Waals surface area (Å²) < 4.78 is 6.50. The summed E-state index contributed by atoms with van der Waals surface area (Å²) in [5.41, 5.74) is 2.50. The number of aromatic nitrogens is 1. The van der Waals surface area contributed by atoms with E-state index in [9.17, 15) is 9.59 Å². The predicted molar refractivity (Wildman–Crippen MR) is 80.9 cm³/mol. The SMILES string of the molecule is Cn1c(=O)oc2cc(C(=O)Cc3ccc(Cl)cc3)ccc21. The van der Waals surface area contributed by atoms with E-state index in [0.29, 0.717) is 21.7 Å². The highest BCUT2D eigenvalue weighted by Gasteiger charge is 2.11. The van der Waals surface area contributed by atoms with E-state index in [4.69, 9.17) is 16.0 Å². The summed E-state index contributed by atoms with van der Waals surface area (Å²) >= 11 is 5.82. The molecule has 0 spiro atoms. The van der Waals surface area contributed by atoms with E-state index in [2.05, 4.69) is 0 Å². The van der Waals surface area contributed by atoms with E-state index in [-0.39, 0.29) is 12.2 Å². The molecule has 0 aliphatic heterocycles. The number of oxazole rings is 1. The van der Waals surface area contributed by atoms with Crippen molar-refractivity contribution >= 4 is 28.5 Å². The normalized spacial score (nSPS) is 11.0. The Labute approximate surface area is 125 Å². The summed E-state index contributed by atoms with van der Waals surface area (Å²) in [7, 11) is 1.63. The molecule has 3 aromatic rings. The Morgan fingerprint density at radius 1 is 1.19 bits per heavy atom. The van der Waals surface area contributed by atoms with Crippen LogP contribution in [0.25, 0.3) is 11.1 Å². The minimum absolute atomic E-state index is 0.0364. The van der Waals surface area contributed by atoms with Crippen LogP contribution in [0.2, 0.25) is 5.02 Å². The molecule has 0 N–H and O–H groups in total. The Morgan fingerprint density at radius 3 is 2.62 bits per heavy atom. The van der Waals surface area contributed by atoms with Crippen molar-refractivity contribution in [2.24, 2.45) is 7.05 Å². The molecule has 0 amide bonds. The number of aryl methyl sites for hydroxylation is 1. The second-order valence-corrected chi connectivity index (χ2v) is 5.27. The first-order chi connectivity index (χ1) is 10.0. The van der Waals surface area contributed by atoms with E-state index in [1.165, 1.54) is 4.57 Å². The topological polar surface area (TPSA) is 52.2 Å². The molecule has 0 atom stereocenters. The van der Waals surface area contributed by atoms with Crippen molar-refractivity contribution < 1.29 is 9.21 Å². The van der Waals surface area contributed by atoms with Crippen molar-refractivity contribution in [3.8, 4) is 0 Å². The number of ketones is 1. The molecule has 0 aliphatic carbocycles. The largest absolute Gasteiger partial charge is 0.419 e. The number of nitrogens with zero attached hydrogens (tertiary/aromatic N) is 1. The molecule has 0 fully saturated rings. The Hall–Kier alpha value is -2.33. The molecule has 21 heavy (non-hydrogen) atoms. The maximum absolute atomic E-state index is 12.3. The Balaban J connectivity index is 1.91. The second kappa shape index (κ2) is 5.22. The smallest absolute Gasteiger partial charge is 0.408 e. The van der Waals surface area contributed by atoms with Crippen molar-refractivity contribution in [1.82, 2.24) is 4.57 Å². The monoisotopic (exact) mass is 301 g/mol. The van der Waals surface area contributed by atoms with Gasteiger partial charge in [0.15, 0.2) is 11.4 Å². The van der Waals surface area contributed by atoms with Crippen LogP contribution in [-0.4, -0.2) is 10.4 Å². The number of benzene rings is 2. The summed E-state index contributed by atoms with van der Waals surface area (Å²) in [5, 5.41) is 0.638. The van der Waals surface area contributed by atoms with Gasteiger partial charge < -0.3 is 4.42 Å². The van der Waals surface area contributed by atoms with E-state index >= 15 is 0 Å². The van der Waals surface area contributed by atoms with Crippen molar-refractivity contribution in [2.75, 3.05) is 0 Å². The molecule has 5 heteroatoms. The van der Waals surface area contributed by atoms with Gasteiger partial charge in [0.05, 0.1) is 5.52 Å². The maximum atomic E-state index is 12.3. The average molecular weight is 302 g/mol. The van der Waals surface area contributed by atoms with Gasteiger partial charge in [0, 0.05) is 24.1 Å².